The third kappa shape index (κ3) is 6.14. The summed E-state index contributed by atoms with van der Waals surface area (Å²) in [6, 6.07) is 14.2. The first-order valence-electron chi connectivity index (χ1n) is 12.4. The fourth-order valence-electron chi connectivity index (χ4n) is 4.22. The number of rotatable bonds is 11. The van der Waals surface area contributed by atoms with Crippen LogP contribution in [0.2, 0.25) is 0 Å². The first-order valence-corrected chi connectivity index (χ1v) is 13.4. The van der Waals surface area contributed by atoms with E-state index in [0.29, 0.717) is 23.5 Å². The highest BCUT2D eigenvalue weighted by Crippen LogP contribution is 2.33. The number of carbonyl (C=O) groups is 1. The molecule has 0 unspecified atom stereocenters. The number of aromatic amines is 1. The molecule has 0 radical (unpaired) electrons. The van der Waals surface area contributed by atoms with Crippen LogP contribution in [0.4, 0.5) is 5.69 Å². The average molecular weight is 491 g/mol. The largest absolute Gasteiger partial charge is 0.431 e. The maximum Gasteiger partial charge on any atom is 0.256 e. The number of hydrogen-bond acceptors (Lipinski definition) is 5. The Balaban J connectivity index is 1.25. The van der Waals surface area contributed by atoms with Crippen molar-refractivity contribution in [2.24, 2.45) is 0 Å². The number of carbonyl (C=O) groups excluding carboxylic acids is 1. The van der Waals surface area contributed by atoms with Crippen molar-refractivity contribution < 1.29 is 9.21 Å². The molecule has 0 aliphatic carbocycles. The molecular formula is C28H34N4O2S. The lowest BCUT2D eigenvalue weighted by Crippen LogP contribution is -2.15. The first-order chi connectivity index (χ1) is 16.9. The zero-order valence-corrected chi connectivity index (χ0v) is 21.7. The molecule has 35 heavy (non-hydrogen) atoms. The number of benzene rings is 2. The minimum Gasteiger partial charge on any atom is -0.431 e. The van der Waals surface area contributed by atoms with Crippen molar-refractivity contribution in [2.75, 3.05) is 11.1 Å². The number of nitrogens with one attached hydrogen (secondary N) is 2. The number of anilines is 1. The van der Waals surface area contributed by atoms with Crippen molar-refractivity contribution in [1.82, 2.24) is 15.2 Å². The molecule has 0 spiro atoms. The standard InChI is InChI=1S/C28H34N4O2S/c1-18(2)20-10-8-11-21(19(3)4)26(20)31-25(33)14-6-5-7-17-35-28-30-24-13-9-12-22(27(24)34-28)23-15-16-29-32-23/h8-13,15-16,18-19H,5-7,14,17H2,1-4H3,(H,29,32)(H,31,33). The van der Waals surface area contributed by atoms with E-state index in [2.05, 4.69) is 66.4 Å². The molecule has 0 saturated heterocycles. The van der Waals surface area contributed by atoms with Crippen LogP contribution in [0.3, 0.4) is 0 Å². The number of hydrogen-bond donors (Lipinski definition) is 2. The molecule has 0 fully saturated rings. The van der Waals surface area contributed by atoms with E-state index in [9.17, 15) is 4.79 Å². The molecule has 0 aliphatic heterocycles. The average Bonchev–Trinajstić information content (AvgIpc) is 3.50. The van der Waals surface area contributed by atoms with Crippen molar-refractivity contribution in [2.45, 2.75) is 70.4 Å². The van der Waals surface area contributed by atoms with Gasteiger partial charge >= 0.3 is 0 Å². The molecule has 2 N–H and O–H groups in total. The highest BCUT2D eigenvalue weighted by Gasteiger charge is 2.16. The van der Waals surface area contributed by atoms with Gasteiger partial charge in [-0.15, -0.1) is 0 Å². The van der Waals surface area contributed by atoms with E-state index in [1.807, 2.05) is 24.3 Å². The van der Waals surface area contributed by atoms with Crippen LogP contribution in [0.25, 0.3) is 22.4 Å². The van der Waals surface area contributed by atoms with E-state index in [4.69, 9.17) is 4.42 Å². The van der Waals surface area contributed by atoms with Gasteiger partial charge in [-0.3, -0.25) is 9.89 Å². The highest BCUT2D eigenvalue weighted by atomic mass is 32.2. The van der Waals surface area contributed by atoms with E-state index in [-0.39, 0.29) is 5.91 Å². The molecule has 4 rings (SSSR count). The second kappa shape index (κ2) is 11.6. The number of oxazole rings is 1. The first kappa shape index (κ1) is 25.0. The van der Waals surface area contributed by atoms with Gasteiger partial charge in [0, 0.05) is 29.6 Å². The maximum absolute atomic E-state index is 12.7. The Morgan fingerprint density at radius 2 is 1.74 bits per heavy atom. The molecule has 7 heteroatoms. The Kier molecular flexibility index (Phi) is 8.29. The second-order valence-corrected chi connectivity index (χ2v) is 10.5. The topological polar surface area (TPSA) is 83.8 Å². The number of nitrogens with zero attached hydrogens (tertiary/aromatic N) is 2. The van der Waals surface area contributed by atoms with Crippen LogP contribution < -0.4 is 5.32 Å². The van der Waals surface area contributed by atoms with Gasteiger partial charge in [0.1, 0.15) is 5.52 Å². The summed E-state index contributed by atoms with van der Waals surface area (Å²) >= 11 is 1.62. The Morgan fingerprint density at radius 1 is 1.00 bits per heavy atom. The number of H-pyrrole nitrogens is 1. The lowest BCUT2D eigenvalue weighted by atomic mass is 9.92. The van der Waals surface area contributed by atoms with Gasteiger partial charge in [0.25, 0.3) is 5.22 Å². The summed E-state index contributed by atoms with van der Waals surface area (Å²) in [6.07, 6.45) is 5.19. The molecule has 0 atom stereocenters. The van der Waals surface area contributed by atoms with E-state index in [0.717, 1.165) is 53.1 Å². The van der Waals surface area contributed by atoms with Crippen LogP contribution in [0.15, 0.2) is 58.3 Å². The molecule has 4 aromatic rings. The summed E-state index contributed by atoms with van der Waals surface area (Å²) in [6.45, 7) is 8.67. The zero-order valence-electron chi connectivity index (χ0n) is 20.9. The van der Waals surface area contributed by atoms with Gasteiger partial charge in [-0.2, -0.15) is 5.10 Å². The molecule has 0 saturated carbocycles. The molecule has 0 bridgehead atoms. The number of thioether (sulfide) groups is 1. The number of amides is 1. The van der Waals surface area contributed by atoms with Crippen molar-refractivity contribution in [1.29, 1.82) is 0 Å². The lowest BCUT2D eigenvalue weighted by molar-refractivity contribution is -0.116. The summed E-state index contributed by atoms with van der Waals surface area (Å²) in [5.41, 5.74) is 6.80. The summed E-state index contributed by atoms with van der Waals surface area (Å²) in [5.74, 6) is 1.73. The molecule has 2 aromatic heterocycles. The van der Waals surface area contributed by atoms with Crippen molar-refractivity contribution in [3.05, 3.63) is 59.8 Å². The maximum atomic E-state index is 12.7. The summed E-state index contributed by atoms with van der Waals surface area (Å²) in [4.78, 5) is 17.3. The Hall–Kier alpha value is -3.06. The summed E-state index contributed by atoms with van der Waals surface area (Å²) in [5, 5.41) is 11.0. The van der Waals surface area contributed by atoms with Crippen molar-refractivity contribution >= 4 is 34.5 Å². The zero-order chi connectivity index (χ0) is 24.8. The van der Waals surface area contributed by atoms with E-state index in [1.165, 1.54) is 11.1 Å². The number of unbranched alkanes of at least 4 members (excludes halogenated alkanes) is 2. The van der Waals surface area contributed by atoms with Crippen molar-refractivity contribution in [3.63, 3.8) is 0 Å². The van der Waals surface area contributed by atoms with Gasteiger partial charge in [-0.25, -0.2) is 4.98 Å². The smallest absolute Gasteiger partial charge is 0.256 e. The molecule has 6 nitrogen and oxygen atoms in total. The summed E-state index contributed by atoms with van der Waals surface area (Å²) in [7, 11) is 0. The fraction of sp³-hybridized carbons (Fsp3) is 0.393. The monoisotopic (exact) mass is 490 g/mol. The molecule has 2 heterocycles. The minimum atomic E-state index is 0.0949. The SMILES string of the molecule is CC(C)c1cccc(C(C)C)c1NC(=O)CCCCCSc1nc2cccc(-c3cc[nH]n3)c2o1. The van der Waals surface area contributed by atoms with Crippen LogP contribution >= 0.6 is 11.8 Å². The highest BCUT2D eigenvalue weighted by molar-refractivity contribution is 7.99. The molecule has 1 amide bonds. The van der Waals surface area contributed by atoms with Crippen molar-refractivity contribution in [3.8, 4) is 11.3 Å². The van der Waals surface area contributed by atoms with Gasteiger partial charge in [0.15, 0.2) is 5.58 Å². The summed E-state index contributed by atoms with van der Waals surface area (Å²) < 4.78 is 6.03. The number of aromatic nitrogens is 3. The molecular weight excluding hydrogens is 456 g/mol. The second-order valence-electron chi connectivity index (χ2n) is 9.42. The Bertz CT molecular complexity index is 1240. The van der Waals surface area contributed by atoms with Crippen LogP contribution in [0.1, 0.15) is 76.3 Å². The third-order valence-electron chi connectivity index (χ3n) is 6.08. The predicted molar refractivity (Wildman–Crippen MR) is 144 cm³/mol. The van der Waals surface area contributed by atoms with Gasteiger partial charge in [0.2, 0.25) is 5.91 Å². The third-order valence-corrected chi connectivity index (χ3v) is 7.00. The van der Waals surface area contributed by atoms with Crippen LogP contribution in [-0.2, 0) is 4.79 Å². The van der Waals surface area contributed by atoms with Gasteiger partial charge in [-0.1, -0.05) is 70.1 Å². The lowest BCUT2D eigenvalue weighted by Gasteiger charge is -2.20. The number of fused-ring (bicyclic) bond motifs is 1. The van der Waals surface area contributed by atoms with E-state index < -0.39 is 0 Å². The normalized spacial score (nSPS) is 11.6. The quantitative estimate of drug-likeness (QED) is 0.166. The fourth-order valence-corrected chi connectivity index (χ4v) is 5.05. The minimum absolute atomic E-state index is 0.0949. The van der Waals surface area contributed by atoms with Gasteiger partial charge in [-0.05, 0) is 54.0 Å². The molecule has 184 valence electrons. The predicted octanol–water partition coefficient (Wildman–Crippen LogP) is 7.76. The van der Waals surface area contributed by atoms with Crippen LogP contribution in [-0.4, -0.2) is 26.8 Å². The van der Waals surface area contributed by atoms with Crippen LogP contribution in [0.5, 0.6) is 0 Å². The molecule has 0 aliphatic rings. The van der Waals surface area contributed by atoms with Gasteiger partial charge < -0.3 is 9.73 Å². The number of para-hydroxylation sites is 2. The van der Waals surface area contributed by atoms with E-state index >= 15 is 0 Å². The van der Waals surface area contributed by atoms with Gasteiger partial charge in [0.05, 0.1) is 5.69 Å². The Morgan fingerprint density at radius 3 is 2.43 bits per heavy atom. The Labute approximate surface area is 211 Å². The van der Waals surface area contributed by atoms with E-state index in [1.54, 1.807) is 18.0 Å². The molecule has 2 aromatic carbocycles. The van der Waals surface area contributed by atoms with Crippen LogP contribution in [0, 0.1) is 0 Å².